The molecule has 0 saturated heterocycles. The summed E-state index contributed by atoms with van der Waals surface area (Å²) in [6.07, 6.45) is 5.01. The van der Waals surface area contributed by atoms with E-state index < -0.39 is 0 Å². The van der Waals surface area contributed by atoms with Crippen molar-refractivity contribution in [2.45, 2.75) is 31.8 Å². The van der Waals surface area contributed by atoms with E-state index in [0.29, 0.717) is 10.9 Å². The molecule has 0 amide bonds. The molecule has 1 aliphatic rings. The molecule has 1 aliphatic carbocycles. The van der Waals surface area contributed by atoms with Crippen LogP contribution in [0.3, 0.4) is 0 Å². The van der Waals surface area contributed by atoms with E-state index in [1.807, 2.05) is 0 Å². The molecule has 0 aliphatic heterocycles. The molecule has 0 unspecified atom stereocenters. The van der Waals surface area contributed by atoms with Gasteiger partial charge in [-0.3, -0.25) is 4.79 Å². The Morgan fingerprint density at radius 3 is 2.61 bits per heavy atom. The fourth-order valence-corrected chi connectivity index (χ4v) is 2.30. The number of hydrogen-bond donors (Lipinski definition) is 0. The Balaban J connectivity index is 1.83. The average molecular weight is 270 g/mol. The second kappa shape index (κ2) is 6.05. The molecule has 0 atom stereocenters. The first kappa shape index (κ1) is 13.1. The van der Waals surface area contributed by atoms with Crippen molar-refractivity contribution in [1.29, 1.82) is 0 Å². The van der Waals surface area contributed by atoms with E-state index in [-0.39, 0.29) is 18.0 Å². The molecule has 4 nitrogen and oxygen atoms in total. The Kier molecular flexibility index (Phi) is 4.42. The number of carbonyl (C=O) groups excluding carboxylic acids is 1. The molecule has 0 N–H and O–H groups in total. The van der Waals surface area contributed by atoms with E-state index in [4.69, 9.17) is 21.1 Å². The Morgan fingerprint density at radius 2 is 2.06 bits per heavy atom. The number of rotatable bonds is 3. The summed E-state index contributed by atoms with van der Waals surface area (Å²) in [6, 6.07) is 3.51. The predicted molar refractivity (Wildman–Crippen MR) is 67.6 cm³/mol. The van der Waals surface area contributed by atoms with E-state index in [9.17, 15) is 4.79 Å². The first-order chi connectivity index (χ1) is 8.69. The van der Waals surface area contributed by atoms with Gasteiger partial charge in [-0.2, -0.15) is 0 Å². The normalized spacial score (nSPS) is 23.4. The van der Waals surface area contributed by atoms with Crippen LogP contribution >= 0.6 is 11.6 Å². The molecule has 5 heteroatoms. The highest BCUT2D eigenvalue weighted by atomic mass is 35.5. The minimum Gasteiger partial charge on any atom is -0.474 e. The van der Waals surface area contributed by atoms with Crippen molar-refractivity contribution < 1.29 is 14.3 Å². The molecule has 18 heavy (non-hydrogen) atoms. The van der Waals surface area contributed by atoms with Gasteiger partial charge in [0.1, 0.15) is 6.10 Å². The summed E-state index contributed by atoms with van der Waals surface area (Å²) in [4.78, 5) is 15.5. The van der Waals surface area contributed by atoms with Gasteiger partial charge in [-0.25, -0.2) is 4.98 Å². The molecule has 0 bridgehead atoms. The van der Waals surface area contributed by atoms with Crippen LogP contribution in [0.1, 0.15) is 25.7 Å². The lowest BCUT2D eigenvalue weighted by Gasteiger charge is -2.27. The number of methoxy groups -OCH3 is 1. The molecule has 0 aromatic carbocycles. The summed E-state index contributed by atoms with van der Waals surface area (Å²) in [6.45, 7) is 0. The molecule has 1 saturated carbocycles. The van der Waals surface area contributed by atoms with Crippen LogP contribution in [0.5, 0.6) is 5.88 Å². The zero-order valence-electron chi connectivity index (χ0n) is 10.3. The second-order valence-corrected chi connectivity index (χ2v) is 4.87. The van der Waals surface area contributed by atoms with Crippen LogP contribution in [0.4, 0.5) is 0 Å². The average Bonchev–Trinajstić information content (AvgIpc) is 2.41. The smallest absolute Gasteiger partial charge is 0.308 e. The van der Waals surface area contributed by atoms with Crippen molar-refractivity contribution in [1.82, 2.24) is 4.98 Å². The first-order valence-electron chi connectivity index (χ1n) is 6.05. The Bertz CT molecular complexity index is 399. The highest BCUT2D eigenvalue weighted by Crippen LogP contribution is 2.28. The Hall–Kier alpha value is -1.29. The highest BCUT2D eigenvalue weighted by Gasteiger charge is 2.27. The monoisotopic (exact) mass is 269 g/mol. The highest BCUT2D eigenvalue weighted by molar-refractivity contribution is 6.30. The maximum atomic E-state index is 11.4. The third-order valence-electron chi connectivity index (χ3n) is 3.20. The van der Waals surface area contributed by atoms with Gasteiger partial charge >= 0.3 is 5.97 Å². The fraction of sp³-hybridized carbons (Fsp3) is 0.538. The molecule has 1 fully saturated rings. The molecule has 1 aromatic rings. The van der Waals surface area contributed by atoms with E-state index in [1.165, 1.54) is 7.11 Å². The number of hydrogen-bond acceptors (Lipinski definition) is 4. The van der Waals surface area contributed by atoms with Crippen molar-refractivity contribution in [2.24, 2.45) is 5.92 Å². The van der Waals surface area contributed by atoms with Crippen molar-refractivity contribution in [3.8, 4) is 5.88 Å². The van der Waals surface area contributed by atoms with Crippen LogP contribution in [0.25, 0.3) is 0 Å². The van der Waals surface area contributed by atoms with Gasteiger partial charge in [0.15, 0.2) is 0 Å². The van der Waals surface area contributed by atoms with Gasteiger partial charge in [-0.1, -0.05) is 11.6 Å². The molecule has 2 rings (SSSR count). The summed E-state index contributed by atoms with van der Waals surface area (Å²) >= 11 is 5.75. The molecule has 98 valence electrons. The SMILES string of the molecule is COC(=O)[C@H]1CC[C@H](Oc2ccc(Cl)cn2)CC1. The third kappa shape index (κ3) is 3.35. The quantitative estimate of drug-likeness (QED) is 0.792. The van der Waals surface area contributed by atoms with Crippen molar-refractivity contribution in [3.63, 3.8) is 0 Å². The van der Waals surface area contributed by atoms with E-state index in [0.717, 1.165) is 25.7 Å². The topological polar surface area (TPSA) is 48.4 Å². The summed E-state index contributed by atoms with van der Waals surface area (Å²) in [5, 5.41) is 0.594. The zero-order chi connectivity index (χ0) is 13.0. The second-order valence-electron chi connectivity index (χ2n) is 4.43. The van der Waals surface area contributed by atoms with Crippen molar-refractivity contribution in [2.75, 3.05) is 7.11 Å². The molecule has 0 radical (unpaired) electrons. The third-order valence-corrected chi connectivity index (χ3v) is 3.42. The van der Waals surface area contributed by atoms with Gasteiger partial charge < -0.3 is 9.47 Å². The van der Waals surface area contributed by atoms with Crippen LogP contribution in [-0.2, 0) is 9.53 Å². The summed E-state index contributed by atoms with van der Waals surface area (Å²) in [5.74, 6) is 0.493. The molecule has 1 aromatic heterocycles. The number of ether oxygens (including phenoxy) is 2. The largest absolute Gasteiger partial charge is 0.474 e. The van der Waals surface area contributed by atoms with Gasteiger partial charge in [0, 0.05) is 12.3 Å². The van der Waals surface area contributed by atoms with Crippen LogP contribution in [0, 0.1) is 5.92 Å². The summed E-state index contributed by atoms with van der Waals surface area (Å²) in [7, 11) is 1.43. The molecule has 0 spiro atoms. The maximum Gasteiger partial charge on any atom is 0.308 e. The van der Waals surface area contributed by atoms with Crippen LogP contribution in [0.15, 0.2) is 18.3 Å². The number of esters is 1. The minimum atomic E-state index is -0.113. The van der Waals surface area contributed by atoms with Crippen LogP contribution in [-0.4, -0.2) is 24.2 Å². The number of carbonyl (C=O) groups is 1. The van der Waals surface area contributed by atoms with Crippen LogP contribution < -0.4 is 4.74 Å². The lowest BCUT2D eigenvalue weighted by atomic mass is 9.87. The van der Waals surface area contributed by atoms with E-state index in [1.54, 1.807) is 18.3 Å². The number of aromatic nitrogens is 1. The fourth-order valence-electron chi connectivity index (χ4n) is 2.19. The maximum absolute atomic E-state index is 11.4. The number of pyridine rings is 1. The van der Waals surface area contributed by atoms with Gasteiger partial charge in [-0.05, 0) is 31.7 Å². The lowest BCUT2D eigenvalue weighted by Crippen LogP contribution is -2.28. The molecular weight excluding hydrogens is 254 g/mol. The molecule has 1 heterocycles. The number of halogens is 1. The van der Waals surface area contributed by atoms with E-state index >= 15 is 0 Å². The first-order valence-corrected chi connectivity index (χ1v) is 6.43. The van der Waals surface area contributed by atoms with Crippen molar-refractivity contribution >= 4 is 17.6 Å². The Morgan fingerprint density at radius 1 is 1.33 bits per heavy atom. The predicted octanol–water partition coefficient (Wildman–Crippen LogP) is 2.85. The van der Waals surface area contributed by atoms with Crippen LogP contribution in [0.2, 0.25) is 5.02 Å². The minimum absolute atomic E-state index is 0.0213. The van der Waals surface area contributed by atoms with Gasteiger partial charge in [0.2, 0.25) is 5.88 Å². The number of nitrogens with zero attached hydrogens (tertiary/aromatic N) is 1. The van der Waals surface area contributed by atoms with E-state index in [2.05, 4.69) is 4.98 Å². The Labute approximate surface area is 111 Å². The standard InChI is InChI=1S/C13H16ClNO3/c1-17-13(16)9-2-5-11(6-3-9)18-12-7-4-10(14)8-15-12/h4,7-9,11H,2-3,5-6H2,1H3/t9-,11-. The van der Waals surface area contributed by atoms with Gasteiger partial charge in [-0.15, -0.1) is 0 Å². The zero-order valence-corrected chi connectivity index (χ0v) is 11.0. The van der Waals surface area contributed by atoms with Gasteiger partial charge in [0.05, 0.1) is 18.1 Å². The summed E-state index contributed by atoms with van der Waals surface area (Å²) < 4.78 is 10.5. The summed E-state index contributed by atoms with van der Waals surface area (Å²) in [5.41, 5.74) is 0. The van der Waals surface area contributed by atoms with Crippen molar-refractivity contribution in [3.05, 3.63) is 23.4 Å². The molecular formula is C13H16ClNO3. The lowest BCUT2D eigenvalue weighted by molar-refractivity contribution is -0.147. The van der Waals surface area contributed by atoms with Gasteiger partial charge in [0.25, 0.3) is 0 Å².